The molecular formula is C10H15FO4. The van der Waals surface area contributed by atoms with Crippen molar-refractivity contribution in [3.8, 4) is 0 Å². The first kappa shape index (κ1) is 13.6. The Balaban J connectivity index is 4.29. The van der Waals surface area contributed by atoms with Crippen LogP contribution < -0.4 is 0 Å². The van der Waals surface area contributed by atoms with E-state index >= 15 is 0 Å². The van der Waals surface area contributed by atoms with Gasteiger partial charge in [0.2, 0.25) is 5.83 Å². The van der Waals surface area contributed by atoms with E-state index in [9.17, 15) is 14.0 Å². The van der Waals surface area contributed by atoms with Crippen LogP contribution >= 0.6 is 0 Å². The fourth-order valence-corrected chi connectivity index (χ4v) is 0.699. The van der Waals surface area contributed by atoms with Crippen LogP contribution in [0.15, 0.2) is 11.9 Å². The van der Waals surface area contributed by atoms with E-state index in [1.165, 1.54) is 0 Å². The molecule has 0 aliphatic rings. The van der Waals surface area contributed by atoms with Crippen molar-refractivity contribution >= 4 is 11.9 Å². The van der Waals surface area contributed by atoms with E-state index in [-0.39, 0.29) is 6.10 Å². The smallest absolute Gasteiger partial charge is 0.367 e. The Morgan fingerprint density at radius 3 is 1.93 bits per heavy atom. The molecule has 86 valence electrons. The summed E-state index contributed by atoms with van der Waals surface area (Å²) in [5.41, 5.74) is 0. The number of rotatable bonds is 4. The van der Waals surface area contributed by atoms with Crippen LogP contribution in [0.25, 0.3) is 0 Å². The standard InChI is InChI=1S/C10H15FO4/c1-6(2)14-9(12)5-8(11)10(13)15-7(3)4/h5-7H,1-4H3/b8-5-. The molecule has 0 rings (SSSR count). The van der Waals surface area contributed by atoms with Crippen LogP contribution in [0.4, 0.5) is 4.39 Å². The lowest BCUT2D eigenvalue weighted by atomic mass is 10.4. The van der Waals surface area contributed by atoms with Gasteiger partial charge in [-0.15, -0.1) is 0 Å². The number of ether oxygens (including phenoxy) is 2. The molecule has 0 spiro atoms. The topological polar surface area (TPSA) is 52.6 Å². The van der Waals surface area contributed by atoms with Crippen LogP contribution in [0.3, 0.4) is 0 Å². The van der Waals surface area contributed by atoms with Gasteiger partial charge in [-0.25, -0.2) is 9.59 Å². The van der Waals surface area contributed by atoms with Crippen molar-refractivity contribution in [2.24, 2.45) is 0 Å². The number of carbonyl (C=O) groups excluding carboxylic acids is 2. The molecule has 0 amide bonds. The van der Waals surface area contributed by atoms with E-state index < -0.39 is 23.9 Å². The van der Waals surface area contributed by atoms with Crippen LogP contribution in [-0.4, -0.2) is 24.1 Å². The molecule has 0 heterocycles. The lowest BCUT2D eigenvalue weighted by Crippen LogP contribution is -2.14. The lowest BCUT2D eigenvalue weighted by molar-refractivity contribution is -0.146. The predicted octanol–water partition coefficient (Wildman–Crippen LogP) is 1.74. The number of hydrogen-bond acceptors (Lipinski definition) is 4. The van der Waals surface area contributed by atoms with Gasteiger partial charge in [-0.3, -0.25) is 0 Å². The Morgan fingerprint density at radius 2 is 1.53 bits per heavy atom. The van der Waals surface area contributed by atoms with Crippen LogP contribution in [0.5, 0.6) is 0 Å². The molecule has 0 saturated carbocycles. The summed E-state index contributed by atoms with van der Waals surface area (Å²) in [6.07, 6.45) is -0.314. The number of carbonyl (C=O) groups is 2. The summed E-state index contributed by atoms with van der Waals surface area (Å²) in [7, 11) is 0. The van der Waals surface area contributed by atoms with Gasteiger partial charge in [-0.05, 0) is 27.7 Å². The van der Waals surface area contributed by atoms with Gasteiger partial charge < -0.3 is 9.47 Å². The third-order valence-corrected chi connectivity index (χ3v) is 1.13. The number of hydrogen-bond donors (Lipinski definition) is 0. The SMILES string of the molecule is CC(C)OC(=O)/C=C(\F)C(=O)OC(C)C. The Morgan fingerprint density at radius 1 is 1.07 bits per heavy atom. The highest BCUT2D eigenvalue weighted by Crippen LogP contribution is 2.04. The van der Waals surface area contributed by atoms with Gasteiger partial charge in [0.25, 0.3) is 0 Å². The monoisotopic (exact) mass is 218 g/mol. The molecule has 0 aromatic carbocycles. The molecule has 5 heteroatoms. The summed E-state index contributed by atoms with van der Waals surface area (Å²) in [5, 5.41) is 0. The van der Waals surface area contributed by atoms with E-state index in [1.54, 1.807) is 27.7 Å². The molecule has 0 saturated heterocycles. The Bertz CT molecular complexity index is 269. The van der Waals surface area contributed by atoms with Crippen molar-refractivity contribution < 1.29 is 23.5 Å². The van der Waals surface area contributed by atoms with Crippen molar-refractivity contribution in [3.05, 3.63) is 11.9 Å². The molecule has 0 fully saturated rings. The third-order valence-electron chi connectivity index (χ3n) is 1.13. The van der Waals surface area contributed by atoms with Gasteiger partial charge in [-0.1, -0.05) is 0 Å². The minimum atomic E-state index is -1.26. The third kappa shape index (κ3) is 6.65. The highest BCUT2D eigenvalue weighted by Gasteiger charge is 2.15. The first-order chi connectivity index (χ1) is 6.82. The molecule has 0 aliphatic carbocycles. The zero-order valence-corrected chi connectivity index (χ0v) is 9.24. The quantitative estimate of drug-likeness (QED) is 0.532. The molecule has 0 bridgehead atoms. The fourth-order valence-electron chi connectivity index (χ4n) is 0.699. The van der Waals surface area contributed by atoms with E-state index in [0.717, 1.165) is 0 Å². The maximum Gasteiger partial charge on any atom is 0.367 e. The van der Waals surface area contributed by atoms with Crippen molar-refractivity contribution in [1.29, 1.82) is 0 Å². The second-order valence-corrected chi connectivity index (χ2v) is 3.43. The van der Waals surface area contributed by atoms with Gasteiger partial charge >= 0.3 is 11.9 Å². The molecule has 0 radical (unpaired) electrons. The first-order valence-corrected chi connectivity index (χ1v) is 4.61. The van der Waals surface area contributed by atoms with E-state index in [1.807, 2.05) is 0 Å². The minimum absolute atomic E-state index is 0.359. The summed E-state index contributed by atoms with van der Waals surface area (Å²) in [6, 6.07) is 0. The Hall–Kier alpha value is -1.39. The number of esters is 2. The second-order valence-electron chi connectivity index (χ2n) is 3.43. The normalized spacial score (nSPS) is 11.8. The Kier molecular flexibility index (Phi) is 5.59. The molecule has 15 heavy (non-hydrogen) atoms. The van der Waals surface area contributed by atoms with E-state index in [0.29, 0.717) is 6.08 Å². The van der Waals surface area contributed by atoms with Gasteiger partial charge in [0.05, 0.1) is 18.3 Å². The first-order valence-electron chi connectivity index (χ1n) is 4.61. The van der Waals surface area contributed by atoms with E-state index in [2.05, 4.69) is 9.47 Å². The van der Waals surface area contributed by atoms with Gasteiger partial charge in [0.1, 0.15) is 0 Å². The van der Waals surface area contributed by atoms with Crippen molar-refractivity contribution in [2.75, 3.05) is 0 Å². The molecule has 4 nitrogen and oxygen atoms in total. The predicted molar refractivity (Wildman–Crippen MR) is 51.6 cm³/mol. The van der Waals surface area contributed by atoms with Crippen molar-refractivity contribution in [1.82, 2.24) is 0 Å². The highest BCUT2D eigenvalue weighted by molar-refractivity contribution is 5.94. The zero-order valence-electron chi connectivity index (χ0n) is 9.24. The number of halogens is 1. The average Bonchev–Trinajstić information content (AvgIpc) is 2.00. The molecule has 0 aromatic heterocycles. The van der Waals surface area contributed by atoms with Crippen LogP contribution in [0, 0.1) is 0 Å². The lowest BCUT2D eigenvalue weighted by Gasteiger charge is -2.06. The fraction of sp³-hybridized carbons (Fsp3) is 0.600. The minimum Gasteiger partial charge on any atom is -0.460 e. The highest BCUT2D eigenvalue weighted by atomic mass is 19.1. The van der Waals surface area contributed by atoms with Gasteiger partial charge in [0, 0.05) is 0 Å². The van der Waals surface area contributed by atoms with Crippen LogP contribution in [0.2, 0.25) is 0 Å². The van der Waals surface area contributed by atoms with Gasteiger partial charge in [0.15, 0.2) is 0 Å². The van der Waals surface area contributed by atoms with Crippen molar-refractivity contribution in [3.63, 3.8) is 0 Å². The summed E-state index contributed by atoms with van der Waals surface area (Å²) >= 11 is 0. The molecule has 0 aliphatic heterocycles. The van der Waals surface area contributed by atoms with Crippen molar-refractivity contribution in [2.45, 2.75) is 39.9 Å². The molecule has 0 atom stereocenters. The maximum absolute atomic E-state index is 12.9. The molecule has 0 N–H and O–H groups in total. The van der Waals surface area contributed by atoms with Crippen LogP contribution in [-0.2, 0) is 19.1 Å². The molecular weight excluding hydrogens is 203 g/mol. The summed E-state index contributed by atoms with van der Waals surface area (Å²) < 4.78 is 22.1. The summed E-state index contributed by atoms with van der Waals surface area (Å²) in [5.74, 6) is -3.32. The van der Waals surface area contributed by atoms with E-state index in [4.69, 9.17) is 0 Å². The van der Waals surface area contributed by atoms with Crippen LogP contribution in [0.1, 0.15) is 27.7 Å². The largest absolute Gasteiger partial charge is 0.460 e. The summed E-state index contributed by atoms with van der Waals surface area (Å²) in [6.45, 7) is 6.40. The van der Waals surface area contributed by atoms with Gasteiger partial charge in [-0.2, -0.15) is 4.39 Å². The zero-order chi connectivity index (χ0) is 12.0. The summed E-state index contributed by atoms with van der Waals surface area (Å²) in [4.78, 5) is 21.8. The second kappa shape index (κ2) is 6.16. The Labute approximate surface area is 88.0 Å². The molecule has 0 aromatic rings. The maximum atomic E-state index is 12.9. The molecule has 0 unspecified atom stereocenters. The average molecular weight is 218 g/mol.